The van der Waals surface area contributed by atoms with Gasteiger partial charge in [-0.1, -0.05) is 46.8 Å². The maximum atomic E-state index is 12.2. The lowest BCUT2D eigenvalue weighted by Gasteiger charge is -2.32. The summed E-state index contributed by atoms with van der Waals surface area (Å²) in [6.45, 7) is 14.1. The molecule has 0 aliphatic rings. The molecule has 0 spiro atoms. The number of hydrogen-bond donors (Lipinski definition) is 0. The van der Waals surface area contributed by atoms with Crippen LogP contribution in [0, 0.1) is 19.3 Å². The molecule has 0 unspecified atom stereocenters. The first kappa shape index (κ1) is 24.1. The molecule has 30 heavy (non-hydrogen) atoms. The Morgan fingerprint density at radius 3 is 2.13 bits per heavy atom. The van der Waals surface area contributed by atoms with Crippen molar-refractivity contribution < 1.29 is 19.1 Å². The molecule has 1 heterocycles. The molecule has 0 bridgehead atoms. The number of hydrogen-bond acceptors (Lipinski definition) is 5. The van der Waals surface area contributed by atoms with Crippen LogP contribution >= 0.6 is 11.3 Å². The molecule has 5 heteroatoms. The van der Waals surface area contributed by atoms with E-state index in [9.17, 15) is 9.59 Å². The lowest BCUT2D eigenvalue weighted by molar-refractivity contribution is -0.128. The van der Waals surface area contributed by atoms with Crippen molar-refractivity contribution in [2.45, 2.75) is 66.7 Å². The van der Waals surface area contributed by atoms with Crippen LogP contribution in [0.1, 0.15) is 78.7 Å². The van der Waals surface area contributed by atoms with E-state index in [0.29, 0.717) is 4.88 Å². The number of aryl methyl sites for hydroxylation is 2. The van der Waals surface area contributed by atoms with Gasteiger partial charge >= 0.3 is 5.97 Å². The minimum absolute atomic E-state index is 0.0724. The number of rotatable bonds is 8. The third kappa shape index (κ3) is 4.77. The zero-order valence-electron chi connectivity index (χ0n) is 19.5. The van der Waals surface area contributed by atoms with Gasteiger partial charge in [0, 0.05) is 15.7 Å². The first-order valence-corrected chi connectivity index (χ1v) is 11.3. The van der Waals surface area contributed by atoms with Crippen molar-refractivity contribution in [3.63, 3.8) is 0 Å². The Morgan fingerprint density at radius 1 is 1.00 bits per heavy atom. The van der Waals surface area contributed by atoms with E-state index in [0.717, 1.165) is 29.7 Å². The van der Waals surface area contributed by atoms with Gasteiger partial charge in [0.1, 0.15) is 17.2 Å². The normalized spacial score (nSPS) is 12.0. The van der Waals surface area contributed by atoms with E-state index in [4.69, 9.17) is 9.47 Å². The van der Waals surface area contributed by atoms with E-state index in [2.05, 4.69) is 32.0 Å². The number of carbonyl (C=O) groups excluding carboxylic acids is 2. The van der Waals surface area contributed by atoms with Crippen molar-refractivity contribution in [1.29, 1.82) is 0 Å². The molecule has 1 aromatic carbocycles. The number of benzene rings is 1. The Hall–Kier alpha value is -2.14. The molecule has 2 rings (SSSR count). The minimum Gasteiger partial charge on any atom is -0.486 e. The van der Waals surface area contributed by atoms with Crippen molar-refractivity contribution in [3.05, 3.63) is 50.7 Å². The molecule has 0 radical (unpaired) electrons. The second-order valence-electron chi connectivity index (χ2n) is 8.85. The van der Waals surface area contributed by atoms with Crippen LogP contribution in [0.3, 0.4) is 0 Å². The lowest BCUT2D eigenvalue weighted by atomic mass is 9.74. The van der Waals surface area contributed by atoms with Crippen LogP contribution in [0.5, 0.6) is 5.75 Å². The maximum absolute atomic E-state index is 12.2. The van der Waals surface area contributed by atoms with Crippen LogP contribution in [0.2, 0.25) is 0 Å². The molecule has 2 aromatic rings. The van der Waals surface area contributed by atoms with E-state index in [1.165, 1.54) is 28.9 Å². The number of ketones is 1. The van der Waals surface area contributed by atoms with Crippen LogP contribution in [0.25, 0.3) is 0 Å². The Bertz CT molecular complexity index is 914. The highest BCUT2D eigenvalue weighted by Gasteiger charge is 2.34. The predicted octanol–water partition coefficient (Wildman–Crippen LogP) is 6.25. The molecule has 164 valence electrons. The molecule has 0 aliphatic heterocycles. The second-order valence-corrected chi connectivity index (χ2v) is 9.90. The summed E-state index contributed by atoms with van der Waals surface area (Å²) in [7, 11) is 1.42. The van der Waals surface area contributed by atoms with Gasteiger partial charge in [-0.05, 0) is 55.5 Å². The average Bonchev–Trinajstić information content (AvgIpc) is 3.09. The molecule has 0 amide bonds. The van der Waals surface area contributed by atoms with Crippen molar-refractivity contribution in [2.24, 2.45) is 5.41 Å². The number of methoxy groups -OCH3 is 1. The summed E-state index contributed by atoms with van der Waals surface area (Å²) in [5, 5.41) is 0. The molecule has 0 saturated carbocycles. The summed E-state index contributed by atoms with van der Waals surface area (Å²) in [6.07, 6.45) is 1.82. The Morgan fingerprint density at radius 2 is 1.63 bits per heavy atom. The summed E-state index contributed by atoms with van der Waals surface area (Å²) < 4.78 is 10.8. The fourth-order valence-corrected chi connectivity index (χ4v) is 5.08. The molecule has 0 saturated heterocycles. The third-order valence-electron chi connectivity index (χ3n) is 5.89. The van der Waals surface area contributed by atoms with E-state index in [-0.39, 0.29) is 23.8 Å². The van der Waals surface area contributed by atoms with Crippen LogP contribution < -0.4 is 4.74 Å². The predicted molar refractivity (Wildman–Crippen MR) is 123 cm³/mol. The molecule has 1 aromatic heterocycles. The molecule has 4 nitrogen and oxygen atoms in total. The molecule has 0 fully saturated rings. The Kier molecular flexibility index (Phi) is 7.51. The quantitative estimate of drug-likeness (QED) is 0.464. The van der Waals surface area contributed by atoms with Gasteiger partial charge < -0.3 is 9.47 Å². The van der Waals surface area contributed by atoms with E-state index < -0.39 is 5.41 Å². The molecular weight excluding hydrogens is 396 g/mol. The van der Waals surface area contributed by atoms with Gasteiger partial charge in [0.25, 0.3) is 0 Å². The smallest absolute Gasteiger partial charge is 0.348 e. The Labute approximate surface area is 184 Å². The zero-order chi connectivity index (χ0) is 22.7. The van der Waals surface area contributed by atoms with Crippen molar-refractivity contribution in [3.8, 4) is 5.75 Å². The van der Waals surface area contributed by atoms with Gasteiger partial charge in [-0.15, -0.1) is 11.3 Å². The largest absolute Gasteiger partial charge is 0.486 e. The number of thiophene rings is 1. The highest BCUT2D eigenvalue weighted by atomic mass is 32.1. The van der Waals surface area contributed by atoms with Crippen molar-refractivity contribution >= 4 is 23.1 Å². The van der Waals surface area contributed by atoms with Gasteiger partial charge in [0.2, 0.25) is 0 Å². The number of carbonyl (C=O) groups is 2. The minimum atomic E-state index is -0.415. The topological polar surface area (TPSA) is 52.6 Å². The first-order valence-electron chi connectivity index (χ1n) is 10.5. The number of Topliss-reactive ketones (excluding diaryl/α,β-unsaturated/α-hetero) is 1. The lowest BCUT2D eigenvalue weighted by Crippen LogP contribution is -2.27. The monoisotopic (exact) mass is 430 g/mol. The highest BCUT2D eigenvalue weighted by molar-refractivity contribution is 7.14. The summed E-state index contributed by atoms with van der Waals surface area (Å²) in [5.41, 5.74) is 2.54. The fourth-order valence-electron chi connectivity index (χ4n) is 3.63. The summed E-state index contributed by atoms with van der Waals surface area (Å²) in [6, 6.07) is 8.31. The van der Waals surface area contributed by atoms with Gasteiger partial charge in [-0.2, -0.15) is 0 Å². The summed E-state index contributed by atoms with van der Waals surface area (Å²) in [5.74, 6) is 0.523. The van der Waals surface area contributed by atoms with E-state index >= 15 is 0 Å². The average molecular weight is 431 g/mol. The maximum Gasteiger partial charge on any atom is 0.348 e. The van der Waals surface area contributed by atoms with Gasteiger partial charge in [0.15, 0.2) is 5.78 Å². The van der Waals surface area contributed by atoms with Gasteiger partial charge in [0.05, 0.1) is 7.11 Å². The van der Waals surface area contributed by atoms with E-state index in [1.807, 2.05) is 40.7 Å². The van der Waals surface area contributed by atoms with Gasteiger partial charge in [-0.25, -0.2) is 4.79 Å². The molecule has 0 N–H and O–H groups in total. The van der Waals surface area contributed by atoms with Crippen molar-refractivity contribution in [1.82, 2.24) is 0 Å². The molecule has 0 aliphatic carbocycles. The molecule has 0 atom stereocenters. The summed E-state index contributed by atoms with van der Waals surface area (Å²) in [4.78, 5) is 26.2. The van der Waals surface area contributed by atoms with Crippen molar-refractivity contribution in [2.75, 3.05) is 13.7 Å². The van der Waals surface area contributed by atoms with Crippen LogP contribution in [0.4, 0.5) is 0 Å². The number of ether oxygens (including phenoxy) is 2. The highest BCUT2D eigenvalue weighted by Crippen LogP contribution is 2.44. The van der Waals surface area contributed by atoms with Crippen LogP contribution in [-0.4, -0.2) is 25.5 Å². The molecular formula is C25H34O4S. The third-order valence-corrected chi connectivity index (χ3v) is 7.31. The zero-order valence-corrected chi connectivity index (χ0v) is 20.3. The number of esters is 1. The van der Waals surface area contributed by atoms with Gasteiger partial charge in [-0.3, -0.25) is 4.79 Å². The first-order chi connectivity index (χ1) is 14.0. The SMILES string of the molecule is CCC(CC)(c1ccc(OCC(=O)C(C)(C)C)c(C)c1)c1cc(C)c(C(=O)OC)s1. The van der Waals surface area contributed by atoms with Crippen LogP contribution in [0.15, 0.2) is 24.3 Å². The summed E-state index contributed by atoms with van der Waals surface area (Å²) >= 11 is 1.52. The fraction of sp³-hybridized carbons (Fsp3) is 0.520. The standard InChI is InChI=1S/C25H34O4S/c1-9-25(10-2,21-14-17(4)22(30-21)23(27)28-8)18-11-12-19(16(3)13-18)29-15-20(26)24(5,6)7/h11-14H,9-10,15H2,1-8H3. The second kappa shape index (κ2) is 9.34. The van der Waals surface area contributed by atoms with Crippen LogP contribution in [-0.2, 0) is 14.9 Å². The Balaban J connectivity index is 2.40. The van der Waals surface area contributed by atoms with E-state index in [1.54, 1.807) is 0 Å².